The van der Waals surface area contributed by atoms with E-state index in [-0.39, 0.29) is 17.4 Å². The number of nitrogens with one attached hydrogen (secondary N) is 1. The maximum atomic E-state index is 13.5. The van der Waals surface area contributed by atoms with Crippen LogP contribution in [0.4, 0.5) is 5.69 Å². The van der Waals surface area contributed by atoms with Gasteiger partial charge in [-0.1, -0.05) is 55.5 Å². The summed E-state index contributed by atoms with van der Waals surface area (Å²) in [7, 11) is -3.99. The van der Waals surface area contributed by atoms with Crippen LogP contribution in [0, 0.1) is 0 Å². The van der Waals surface area contributed by atoms with Crippen molar-refractivity contribution in [1.82, 2.24) is 5.32 Å². The van der Waals surface area contributed by atoms with E-state index in [0.717, 1.165) is 9.87 Å². The molecule has 172 valence electrons. The second-order valence-corrected chi connectivity index (χ2v) is 9.63. The Morgan fingerprint density at radius 1 is 0.939 bits per heavy atom. The standard InChI is InChI=1S/C25H26N2O5S/c1-19(20-8-4-2-5-9-20)17-26-25(28)18-27(33(29,30)22-10-6-3-7-11-22)21-12-13-23-24(16-21)32-15-14-31-23/h2-13,16,19H,14-15,17-18H2,1H3,(H,26,28)/t19-/m0/s1. The zero-order chi connectivity index (χ0) is 23.3. The van der Waals surface area contributed by atoms with E-state index >= 15 is 0 Å². The minimum atomic E-state index is -3.99. The summed E-state index contributed by atoms with van der Waals surface area (Å²) in [5.41, 5.74) is 1.42. The van der Waals surface area contributed by atoms with Gasteiger partial charge in [-0.2, -0.15) is 0 Å². The predicted octanol–water partition coefficient (Wildman–Crippen LogP) is 3.57. The molecule has 3 aromatic rings. The Kier molecular flexibility index (Phi) is 6.84. The van der Waals surface area contributed by atoms with E-state index in [1.165, 1.54) is 12.1 Å². The number of fused-ring (bicyclic) bond motifs is 1. The number of ether oxygens (including phenoxy) is 2. The summed E-state index contributed by atoms with van der Waals surface area (Å²) in [5.74, 6) is 0.684. The second-order valence-electron chi connectivity index (χ2n) is 7.77. The van der Waals surface area contributed by atoms with Crippen molar-refractivity contribution in [2.24, 2.45) is 0 Å². The van der Waals surface area contributed by atoms with Crippen LogP contribution in [0.25, 0.3) is 0 Å². The predicted molar refractivity (Wildman–Crippen MR) is 126 cm³/mol. The minimum Gasteiger partial charge on any atom is -0.486 e. The van der Waals surface area contributed by atoms with Gasteiger partial charge in [-0.05, 0) is 35.7 Å². The number of anilines is 1. The van der Waals surface area contributed by atoms with Gasteiger partial charge in [-0.3, -0.25) is 9.10 Å². The molecule has 0 unspecified atom stereocenters. The highest BCUT2D eigenvalue weighted by atomic mass is 32.2. The first-order chi connectivity index (χ1) is 15.9. The molecule has 0 fully saturated rings. The van der Waals surface area contributed by atoms with Gasteiger partial charge in [0.1, 0.15) is 19.8 Å². The Morgan fingerprint density at radius 2 is 1.58 bits per heavy atom. The van der Waals surface area contributed by atoms with E-state index < -0.39 is 15.9 Å². The molecule has 0 saturated heterocycles. The second kappa shape index (κ2) is 9.95. The Bertz CT molecular complexity index is 1200. The first kappa shape index (κ1) is 22.7. The van der Waals surface area contributed by atoms with Crippen LogP contribution in [0.5, 0.6) is 11.5 Å². The van der Waals surface area contributed by atoms with Crippen molar-refractivity contribution in [2.75, 3.05) is 30.6 Å². The molecule has 0 radical (unpaired) electrons. The van der Waals surface area contributed by atoms with Crippen molar-refractivity contribution in [3.8, 4) is 11.5 Å². The van der Waals surface area contributed by atoms with E-state index in [4.69, 9.17) is 9.47 Å². The molecule has 1 atom stereocenters. The zero-order valence-electron chi connectivity index (χ0n) is 18.3. The van der Waals surface area contributed by atoms with E-state index in [0.29, 0.717) is 36.9 Å². The van der Waals surface area contributed by atoms with Gasteiger partial charge in [0.15, 0.2) is 11.5 Å². The molecule has 33 heavy (non-hydrogen) atoms. The van der Waals surface area contributed by atoms with E-state index in [1.54, 1.807) is 36.4 Å². The lowest BCUT2D eigenvalue weighted by atomic mass is 10.0. The summed E-state index contributed by atoms with van der Waals surface area (Å²) in [6.45, 7) is 2.84. The third-order valence-electron chi connectivity index (χ3n) is 5.41. The third kappa shape index (κ3) is 5.28. The zero-order valence-corrected chi connectivity index (χ0v) is 19.1. The summed E-state index contributed by atoms with van der Waals surface area (Å²) in [6.07, 6.45) is 0. The molecule has 4 rings (SSSR count). The molecule has 1 aliphatic heterocycles. The molecule has 1 N–H and O–H groups in total. The number of carbonyl (C=O) groups excluding carboxylic acids is 1. The lowest BCUT2D eigenvalue weighted by Crippen LogP contribution is -2.41. The van der Waals surface area contributed by atoms with Gasteiger partial charge >= 0.3 is 0 Å². The van der Waals surface area contributed by atoms with Gasteiger partial charge < -0.3 is 14.8 Å². The minimum absolute atomic E-state index is 0.0867. The molecule has 0 bridgehead atoms. The number of hydrogen-bond acceptors (Lipinski definition) is 5. The molecule has 1 heterocycles. The molecule has 1 amide bonds. The number of amides is 1. The van der Waals surface area contributed by atoms with Gasteiger partial charge in [-0.15, -0.1) is 0 Å². The van der Waals surface area contributed by atoms with Crippen LogP contribution < -0.4 is 19.1 Å². The lowest BCUT2D eigenvalue weighted by Gasteiger charge is -2.26. The van der Waals surface area contributed by atoms with Crippen molar-refractivity contribution < 1.29 is 22.7 Å². The quantitative estimate of drug-likeness (QED) is 0.549. The highest BCUT2D eigenvalue weighted by Crippen LogP contribution is 2.35. The summed E-state index contributed by atoms with van der Waals surface area (Å²) < 4.78 is 39.2. The number of benzene rings is 3. The summed E-state index contributed by atoms with van der Waals surface area (Å²) >= 11 is 0. The van der Waals surface area contributed by atoms with Gasteiger partial charge in [0.2, 0.25) is 5.91 Å². The molecule has 0 aliphatic carbocycles. The fraction of sp³-hybridized carbons (Fsp3) is 0.240. The van der Waals surface area contributed by atoms with Crippen LogP contribution in [0.3, 0.4) is 0 Å². The van der Waals surface area contributed by atoms with Gasteiger partial charge in [-0.25, -0.2) is 8.42 Å². The highest BCUT2D eigenvalue weighted by molar-refractivity contribution is 7.92. The molecule has 1 aliphatic rings. The maximum absolute atomic E-state index is 13.5. The van der Waals surface area contributed by atoms with Crippen molar-refractivity contribution in [3.05, 3.63) is 84.4 Å². The summed E-state index contributed by atoms with van der Waals surface area (Å²) in [4.78, 5) is 13.0. The molecule has 0 saturated carbocycles. The molecule has 0 spiro atoms. The lowest BCUT2D eigenvalue weighted by molar-refractivity contribution is -0.119. The largest absolute Gasteiger partial charge is 0.486 e. The Labute approximate surface area is 194 Å². The van der Waals surface area contributed by atoms with Crippen LogP contribution in [-0.4, -0.2) is 40.6 Å². The average molecular weight is 467 g/mol. The number of sulfonamides is 1. The molecule has 3 aromatic carbocycles. The normalized spacial score (nSPS) is 13.7. The van der Waals surface area contributed by atoms with Crippen LogP contribution >= 0.6 is 0 Å². The Morgan fingerprint density at radius 3 is 2.27 bits per heavy atom. The number of carbonyl (C=O) groups is 1. The highest BCUT2D eigenvalue weighted by Gasteiger charge is 2.28. The number of nitrogens with zero attached hydrogens (tertiary/aromatic N) is 1. The fourth-order valence-corrected chi connectivity index (χ4v) is 5.01. The van der Waals surface area contributed by atoms with E-state index in [2.05, 4.69) is 5.32 Å². The van der Waals surface area contributed by atoms with Crippen molar-refractivity contribution in [2.45, 2.75) is 17.7 Å². The van der Waals surface area contributed by atoms with Crippen molar-refractivity contribution in [1.29, 1.82) is 0 Å². The molecular weight excluding hydrogens is 440 g/mol. The summed E-state index contributed by atoms with van der Waals surface area (Å²) in [6, 6.07) is 22.8. The topological polar surface area (TPSA) is 84.9 Å². The first-order valence-electron chi connectivity index (χ1n) is 10.7. The van der Waals surface area contributed by atoms with E-state index in [9.17, 15) is 13.2 Å². The van der Waals surface area contributed by atoms with Crippen molar-refractivity contribution >= 4 is 21.6 Å². The van der Waals surface area contributed by atoms with Gasteiger partial charge in [0.25, 0.3) is 10.0 Å². The van der Waals surface area contributed by atoms with Gasteiger partial charge in [0, 0.05) is 12.6 Å². The SMILES string of the molecule is C[C@@H](CNC(=O)CN(c1ccc2c(c1)OCCO2)S(=O)(=O)c1ccccc1)c1ccccc1. The smallest absolute Gasteiger partial charge is 0.264 e. The Balaban J connectivity index is 1.57. The van der Waals surface area contributed by atoms with Crippen molar-refractivity contribution in [3.63, 3.8) is 0 Å². The van der Waals surface area contributed by atoms with Crippen LogP contribution in [0.15, 0.2) is 83.8 Å². The molecule has 0 aromatic heterocycles. The Hall–Kier alpha value is -3.52. The molecule has 8 heteroatoms. The molecular formula is C25H26N2O5S. The van der Waals surface area contributed by atoms with Gasteiger partial charge in [0.05, 0.1) is 10.6 Å². The average Bonchev–Trinajstić information content (AvgIpc) is 2.86. The third-order valence-corrected chi connectivity index (χ3v) is 7.19. The monoisotopic (exact) mass is 466 g/mol. The maximum Gasteiger partial charge on any atom is 0.264 e. The molecule has 7 nitrogen and oxygen atoms in total. The fourth-order valence-electron chi connectivity index (χ4n) is 3.57. The first-order valence-corrected chi connectivity index (χ1v) is 12.2. The van der Waals surface area contributed by atoms with Crippen LogP contribution in [0.1, 0.15) is 18.4 Å². The van der Waals surface area contributed by atoms with Crippen LogP contribution in [-0.2, 0) is 14.8 Å². The number of rotatable bonds is 8. The number of hydrogen-bond donors (Lipinski definition) is 1. The van der Waals surface area contributed by atoms with E-state index in [1.807, 2.05) is 37.3 Å². The van der Waals surface area contributed by atoms with Crippen LogP contribution in [0.2, 0.25) is 0 Å². The summed E-state index contributed by atoms with van der Waals surface area (Å²) in [5, 5.41) is 2.87.